The van der Waals surface area contributed by atoms with Crippen molar-refractivity contribution in [3.05, 3.63) is 89.3 Å². The Labute approximate surface area is 137 Å². The van der Waals surface area contributed by atoms with Gasteiger partial charge in [-0.05, 0) is 23.8 Å². The molecule has 0 aliphatic heterocycles. The third kappa shape index (κ3) is 3.49. The van der Waals surface area contributed by atoms with Gasteiger partial charge in [-0.1, -0.05) is 18.2 Å². The van der Waals surface area contributed by atoms with Crippen LogP contribution >= 0.6 is 0 Å². The van der Waals surface area contributed by atoms with Crippen LogP contribution in [-0.2, 0) is 13.6 Å². The largest absolute Gasteiger partial charge is 0.336 e. The maximum absolute atomic E-state index is 13.8. The first kappa shape index (κ1) is 16.3. The molecule has 0 saturated heterocycles. The first-order valence-corrected chi connectivity index (χ1v) is 7.44. The number of hydrogen-bond donors (Lipinski definition) is 1. The number of imidazole rings is 1. The normalized spacial score (nSPS) is 12.3. The lowest BCUT2D eigenvalue weighted by Gasteiger charge is -2.19. The zero-order valence-electron chi connectivity index (χ0n) is 13.0. The number of rotatable bonds is 5. The molecule has 0 radical (unpaired) electrons. The van der Waals surface area contributed by atoms with Crippen molar-refractivity contribution in [2.24, 2.45) is 7.05 Å². The van der Waals surface area contributed by atoms with Gasteiger partial charge in [-0.15, -0.1) is 0 Å². The molecular weight excluding hydrogens is 315 g/mol. The second-order valence-corrected chi connectivity index (χ2v) is 5.50. The van der Waals surface area contributed by atoms with Crippen molar-refractivity contribution in [2.45, 2.75) is 12.6 Å². The van der Waals surface area contributed by atoms with Crippen LogP contribution in [0.4, 0.5) is 13.2 Å². The van der Waals surface area contributed by atoms with Gasteiger partial charge in [0.25, 0.3) is 0 Å². The van der Waals surface area contributed by atoms with E-state index in [1.54, 1.807) is 24.5 Å². The van der Waals surface area contributed by atoms with Crippen LogP contribution in [0.1, 0.15) is 23.0 Å². The molecule has 3 nitrogen and oxygen atoms in total. The molecule has 0 spiro atoms. The standard InChI is InChI=1S/C18H16F3N3/c1-24-9-8-22-18(24)17(12-2-5-14(19)6-3-12)23-11-13-4-7-15(20)10-16(13)21/h2-10,17,23H,11H2,1H3/t17-/m0/s1. The van der Waals surface area contributed by atoms with Crippen molar-refractivity contribution in [1.82, 2.24) is 14.9 Å². The summed E-state index contributed by atoms with van der Waals surface area (Å²) < 4.78 is 41.9. The van der Waals surface area contributed by atoms with E-state index in [4.69, 9.17) is 0 Å². The van der Waals surface area contributed by atoms with E-state index < -0.39 is 11.6 Å². The minimum Gasteiger partial charge on any atom is -0.336 e. The monoisotopic (exact) mass is 331 g/mol. The Morgan fingerprint density at radius 3 is 2.38 bits per heavy atom. The van der Waals surface area contributed by atoms with Gasteiger partial charge in [0.15, 0.2) is 0 Å². The fourth-order valence-corrected chi connectivity index (χ4v) is 2.55. The van der Waals surface area contributed by atoms with Crippen LogP contribution in [0.25, 0.3) is 0 Å². The Bertz CT molecular complexity index is 828. The molecule has 1 atom stereocenters. The fraction of sp³-hybridized carbons (Fsp3) is 0.167. The molecule has 1 heterocycles. The van der Waals surface area contributed by atoms with E-state index in [0.717, 1.165) is 11.6 Å². The summed E-state index contributed by atoms with van der Waals surface area (Å²) in [6, 6.07) is 9.16. The maximum atomic E-state index is 13.8. The molecule has 0 aliphatic rings. The van der Waals surface area contributed by atoms with E-state index in [2.05, 4.69) is 10.3 Å². The van der Waals surface area contributed by atoms with Crippen LogP contribution in [0.2, 0.25) is 0 Å². The van der Waals surface area contributed by atoms with Gasteiger partial charge in [-0.2, -0.15) is 0 Å². The van der Waals surface area contributed by atoms with Crippen molar-refractivity contribution in [2.75, 3.05) is 0 Å². The lowest BCUT2D eigenvalue weighted by Crippen LogP contribution is -2.25. The molecule has 2 aromatic carbocycles. The number of halogens is 3. The van der Waals surface area contributed by atoms with Crippen LogP contribution in [0.3, 0.4) is 0 Å². The molecule has 0 unspecified atom stereocenters. The quantitative estimate of drug-likeness (QED) is 0.772. The van der Waals surface area contributed by atoms with Crippen LogP contribution in [0.5, 0.6) is 0 Å². The lowest BCUT2D eigenvalue weighted by molar-refractivity contribution is 0.526. The van der Waals surface area contributed by atoms with E-state index in [1.807, 2.05) is 11.6 Å². The first-order chi connectivity index (χ1) is 11.5. The van der Waals surface area contributed by atoms with Gasteiger partial charge in [-0.25, -0.2) is 18.2 Å². The molecule has 0 aliphatic carbocycles. The Hall–Kier alpha value is -2.60. The Morgan fingerprint density at radius 2 is 1.75 bits per heavy atom. The highest BCUT2D eigenvalue weighted by atomic mass is 19.1. The van der Waals surface area contributed by atoms with Gasteiger partial charge in [0.1, 0.15) is 23.3 Å². The lowest BCUT2D eigenvalue weighted by atomic mass is 10.1. The van der Waals surface area contributed by atoms with Gasteiger partial charge in [0.05, 0.1) is 6.04 Å². The predicted molar refractivity (Wildman–Crippen MR) is 84.6 cm³/mol. The molecule has 0 amide bonds. The molecule has 0 fully saturated rings. The van der Waals surface area contributed by atoms with Crippen molar-refractivity contribution in [3.8, 4) is 0 Å². The van der Waals surface area contributed by atoms with Gasteiger partial charge >= 0.3 is 0 Å². The highest BCUT2D eigenvalue weighted by Gasteiger charge is 2.18. The summed E-state index contributed by atoms with van der Waals surface area (Å²) in [5, 5.41) is 3.21. The average molecular weight is 331 g/mol. The van der Waals surface area contributed by atoms with Gasteiger partial charge in [0.2, 0.25) is 0 Å². The van der Waals surface area contributed by atoms with Crippen LogP contribution in [0, 0.1) is 17.5 Å². The van der Waals surface area contributed by atoms with Crippen molar-refractivity contribution in [3.63, 3.8) is 0 Å². The van der Waals surface area contributed by atoms with Crippen LogP contribution in [-0.4, -0.2) is 9.55 Å². The predicted octanol–water partition coefficient (Wildman–Crippen LogP) is 3.72. The molecule has 124 valence electrons. The minimum absolute atomic E-state index is 0.182. The molecule has 0 bridgehead atoms. The molecule has 0 saturated carbocycles. The summed E-state index contributed by atoms with van der Waals surface area (Å²) in [4.78, 5) is 4.32. The van der Waals surface area contributed by atoms with E-state index in [-0.39, 0.29) is 18.4 Å². The summed E-state index contributed by atoms with van der Waals surface area (Å²) >= 11 is 0. The van der Waals surface area contributed by atoms with E-state index in [9.17, 15) is 13.2 Å². The number of nitrogens with zero attached hydrogens (tertiary/aromatic N) is 2. The fourth-order valence-electron chi connectivity index (χ4n) is 2.55. The zero-order valence-corrected chi connectivity index (χ0v) is 13.0. The molecule has 6 heteroatoms. The summed E-state index contributed by atoms with van der Waals surface area (Å²) in [5.41, 5.74) is 1.14. The number of benzene rings is 2. The summed E-state index contributed by atoms with van der Waals surface area (Å²) in [5.74, 6) is -0.846. The molecule has 1 N–H and O–H groups in total. The van der Waals surface area contributed by atoms with Crippen molar-refractivity contribution in [1.29, 1.82) is 0 Å². The number of aryl methyl sites for hydroxylation is 1. The molecule has 3 aromatic rings. The summed E-state index contributed by atoms with van der Waals surface area (Å²) in [6.07, 6.45) is 3.46. The summed E-state index contributed by atoms with van der Waals surface area (Å²) in [7, 11) is 1.85. The topological polar surface area (TPSA) is 29.9 Å². The first-order valence-electron chi connectivity index (χ1n) is 7.44. The maximum Gasteiger partial charge on any atom is 0.130 e. The highest BCUT2D eigenvalue weighted by molar-refractivity contribution is 5.27. The third-order valence-corrected chi connectivity index (χ3v) is 3.83. The number of aromatic nitrogens is 2. The second kappa shape index (κ2) is 6.88. The van der Waals surface area contributed by atoms with Gasteiger partial charge in [0, 0.05) is 37.6 Å². The Balaban J connectivity index is 1.88. The second-order valence-electron chi connectivity index (χ2n) is 5.50. The Kier molecular flexibility index (Phi) is 4.66. The van der Waals surface area contributed by atoms with Crippen molar-refractivity contribution < 1.29 is 13.2 Å². The van der Waals surface area contributed by atoms with E-state index >= 15 is 0 Å². The van der Waals surface area contributed by atoms with Crippen molar-refractivity contribution >= 4 is 0 Å². The van der Waals surface area contributed by atoms with E-state index in [1.165, 1.54) is 24.3 Å². The SMILES string of the molecule is Cn1ccnc1[C@@H](NCc1ccc(F)cc1F)c1ccc(F)cc1. The van der Waals surface area contributed by atoms with E-state index in [0.29, 0.717) is 11.4 Å². The smallest absolute Gasteiger partial charge is 0.130 e. The number of nitrogens with one attached hydrogen (secondary N) is 1. The molecular formula is C18H16F3N3. The number of hydrogen-bond acceptors (Lipinski definition) is 2. The zero-order chi connectivity index (χ0) is 17.1. The Morgan fingerprint density at radius 1 is 1.04 bits per heavy atom. The minimum atomic E-state index is -0.615. The third-order valence-electron chi connectivity index (χ3n) is 3.83. The van der Waals surface area contributed by atoms with Gasteiger partial charge < -0.3 is 4.57 Å². The molecule has 24 heavy (non-hydrogen) atoms. The average Bonchev–Trinajstić information content (AvgIpc) is 2.97. The van der Waals surface area contributed by atoms with Crippen LogP contribution in [0.15, 0.2) is 54.9 Å². The van der Waals surface area contributed by atoms with Crippen LogP contribution < -0.4 is 5.32 Å². The highest BCUT2D eigenvalue weighted by Crippen LogP contribution is 2.22. The molecule has 3 rings (SSSR count). The summed E-state index contributed by atoms with van der Waals surface area (Å²) in [6.45, 7) is 0.182. The van der Waals surface area contributed by atoms with Gasteiger partial charge in [-0.3, -0.25) is 5.32 Å². The molecule has 1 aromatic heterocycles.